The molecule has 15 heteroatoms. The number of thioether (sulfide) groups is 1. The predicted octanol–water partition coefficient (Wildman–Crippen LogP) is -2.42. The van der Waals surface area contributed by atoms with Crippen molar-refractivity contribution in [1.29, 1.82) is 0 Å². The maximum absolute atomic E-state index is 13.0. The first kappa shape index (κ1) is 30.9. The quantitative estimate of drug-likeness (QED) is 0.0936. The number of nitrogens with two attached hydrogens (primary N) is 3. The molecule has 11 N–H and O–H groups in total. The Morgan fingerprint density at radius 2 is 1.67 bits per heavy atom. The van der Waals surface area contributed by atoms with Gasteiger partial charge in [-0.1, -0.05) is 0 Å². The van der Waals surface area contributed by atoms with Gasteiger partial charge in [-0.2, -0.15) is 11.8 Å². The van der Waals surface area contributed by atoms with Crippen LogP contribution in [0.25, 0.3) is 0 Å². The Morgan fingerprint density at radius 1 is 1.03 bits per heavy atom. The van der Waals surface area contributed by atoms with Gasteiger partial charge in [-0.3, -0.25) is 19.2 Å². The number of nitrogens with one attached hydrogen (secondary N) is 4. The molecular weight excluding hydrogens is 492 g/mol. The molecular formula is C21H36N8O6S. The number of aromatic nitrogens is 2. The maximum atomic E-state index is 13.0. The lowest BCUT2D eigenvalue weighted by molar-refractivity contribution is -0.142. The standard InChI is InChI=1S/C21H36N8O6S/c1-36-7-5-15(21(34)35)28-20(33)16(9-17(24)30)29-19(32)14(4-2-3-6-22)27-18(31)13(23)8-12-10-25-11-26-12/h10-11,13-16H,2-9,22-23H2,1H3,(H2,24,30)(H,25,26)(H,27,31)(H,28,33)(H,29,32)(H,34,35). The first-order valence-corrected chi connectivity index (χ1v) is 12.8. The third kappa shape index (κ3) is 11.5. The van der Waals surface area contributed by atoms with Crippen LogP contribution in [0, 0.1) is 0 Å². The number of primary amides is 1. The van der Waals surface area contributed by atoms with Crippen LogP contribution < -0.4 is 33.2 Å². The van der Waals surface area contributed by atoms with Crippen LogP contribution in [0.15, 0.2) is 12.5 Å². The van der Waals surface area contributed by atoms with E-state index in [1.54, 1.807) is 6.26 Å². The Balaban J connectivity index is 2.94. The summed E-state index contributed by atoms with van der Waals surface area (Å²) in [5.74, 6) is -3.88. The molecule has 0 aliphatic rings. The lowest BCUT2D eigenvalue weighted by Gasteiger charge is -2.24. The second-order valence-electron chi connectivity index (χ2n) is 8.15. The van der Waals surface area contributed by atoms with E-state index in [1.165, 1.54) is 24.3 Å². The van der Waals surface area contributed by atoms with Gasteiger partial charge in [-0.15, -0.1) is 0 Å². The van der Waals surface area contributed by atoms with Gasteiger partial charge < -0.3 is 43.2 Å². The van der Waals surface area contributed by atoms with E-state index in [1.807, 2.05) is 0 Å². The number of carbonyl (C=O) groups excluding carboxylic acids is 4. The Morgan fingerprint density at radius 3 is 2.22 bits per heavy atom. The number of carboxylic acids is 1. The predicted molar refractivity (Wildman–Crippen MR) is 133 cm³/mol. The smallest absolute Gasteiger partial charge is 0.326 e. The molecule has 4 unspecified atom stereocenters. The molecule has 1 aromatic heterocycles. The highest BCUT2D eigenvalue weighted by Gasteiger charge is 2.31. The molecule has 1 rings (SSSR count). The van der Waals surface area contributed by atoms with E-state index < -0.39 is 60.2 Å². The minimum atomic E-state index is -1.43. The Bertz CT molecular complexity index is 869. The van der Waals surface area contributed by atoms with E-state index in [0.29, 0.717) is 30.8 Å². The van der Waals surface area contributed by atoms with Crippen LogP contribution in [0.3, 0.4) is 0 Å². The van der Waals surface area contributed by atoms with Gasteiger partial charge in [0.2, 0.25) is 23.6 Å². The second kappa shape index (κ2) is 16.5. The molecule has 202 valence electrons. The van der Waals surface area contributed by atoms with Crippen molar-refractivity contribution in [2.75, 3.05) is 18.6 Å². The van der Waals surface area contributed by atoms with Crippen LogP contribution in [0.1, 0.15) is 37.8 Å². The summed E-state index contributed by atoms with van der Waals surface area (Å²) in [5.41, 5.74) is 17.4. The summed E-state index contributed by atoms with van der Waals surface area (Å²) in [6, 6.07) is -4.70. The van der Waals surface area contributed by atoms with Crippen LogP contribution in [-0.4, -0.2) is 87.4 Å². The first-order valence-electron chi connectivity index (χ1n) is 11.4. The summed E-state index contributed by atoms with van der Waals surface area (Å²) in [5, 5.41) is 16.7. The first-order chi connectivity index (χ1) is 17.1. The molecule has 0 fully saturated rings. The highest BCUT2D eigenvalue weighted by molar-refractivity contribution is 7.98. The maximum Gasteiger partial charge on any atom is 0.326 e. The van der Waals surface area contributed by atoms with Crippen molar-refractivity contribution in [2.45, 2.75) is 62.7 Å². The number of hydrogen-bond acceptors (Lipinski definition) is 9. The highest BCUT2D eigenvalue weighted by atomic mass is 32.2. The number of carboxylic acid groups (broad SMARTS) is 1. The number of hydrogen-bond donors (Lipinski definition) is 8. The molecule has 4 atom stereocenters. The van der Waals surface area contributed by atoms with E-state index in [2.05, 4.69) is 25.9 Å². The Hall–Kier alpha value is -3.17. The number of H-pyrrole nitrogens is 1. The molecule has 0 saturated carbocycles. The zero-order valence-corrected chi connectivity index (χ0v) is 21.0. The molecule has 0 spiro atoms. The number of aliphatic carboxylic acids is 1. The van der Waals surface area contributed by atoms with Gasteiger partial charge >= 0.3 is 5.97 Å². The lowest BCUT2D eigenvalue weighted by atomic mass is 10.1. The molecule has 4 amide bonds. The monoisotopic (exact) mass is 528 g/mol. The molecule has 0 aliphatic heterocycles. The molecule has 0 aliphatic carbocycles. The fourth-order valence-corrected chi connectivity index (χ4v) is 3.69. The van der Waals surface area contributed by atoms with Gasteiger partial charge in [0.05, 0.1) is 18.8 Å². The normalized spacial score (nSPS) is 14.2. The molecule has 0 bridgehead atoms. The second-order valence-corrected chi connectivity index (χ2v) is 9.13. The number of unbranched alkanes of at least 4 members (excludes halogenated alkanes) is 1. The average Bonchev–Trinajstić information content (AvgIpc) is 3.32. The number of imidazole rings is 1. The number of rotatable bonds is 18. The SMILES string of the molecule is CSCCC(NC(=O)C(CC(N)=O)NC(=O)C(CCCCN)NC(=O)C(N)Cc1cnc[nH]1)C(=O)O. The van der Waals surface area contributed by atoms with E-state index in [4.69, 9.17) is 17.2 Å². The summed E-state index contributed by atoms with van der Waals surface area (Å²) in [4.78, 5) is 68.2. The van der Waals surface area contributed by atoms with Crippen LogP contribution in [0.4, 0.5) is 0 Å². The van der Waals surface area contributed by atoms with Crippen molar-refractivity contribution >= 4 is 41.4 Å². The van der Waals surface area contributed by atoms with Gasteiger partial charge in [0.25, 0.3) is 0 Å². The third-order valence-electron chi connectivity index (χ3n) is 5.17. The fraction of sp³-hybridized carbons (Fsp3) is 0.619. The Kier molecular flexibility index (Phi) is 14.1. The van der Waals surface area contributed by atoms with Crippen LogP contribution >= 0.6 is 11.8 Å². The minimum absolute atomic E-state index is 0.144. The van der Waals surface area contributed by atoms with Gasteiger partial charge in [0.1, 0.15) is 18.1 Å². The molecule has 36 heavy (non-hydrogen) atoms. The van der Waals surface area contributed by atoms with Crippen molar-refractivity contribution < 1.29 is 29.1 Å². The number of nitrogens with zero attached hydrogens (tertiary/aromatic N) is 1. The number of aromatic amines is 1. The third-order valence-corrected chi connectivity index (χ3v) is 5.82. The molecule has 14 nitrogen and oxygen atoms in total. The van der Waals surface area contributed by atoms with Gasteiger partial charge in [0.15, 0.2) is 0 Å². The van der Waals surface area contributed by atoms with Gasteiger partial charge in [-0.05, 0) is 44.2 Å². The van der Waals surface area contributed by atoms with Crippen molar-refractivity contribution in [3.63, 3.8) is 0 Å². The van der Waals surface area contributed by atoms with E-state index in [-0.39, 0.29) is 19.3 Å². The minimum Gasteiger partial charge on any atom is -0.480 e. The van der Waals surface area contributed by atoms with Crippen molar-refractivity contribution in [1.82, 2.24) is 25.9 Å². The lowest BCUT2D eigenvalue weighted by Crippen LogP contribution is -2.58. The summed E-state index contributed by atoms with van der Waals surface area (Å²) in [6.07, 6.45) is 5.77. The summed E-state index contributed by atoms with van der Waals surface area (Å²) >= 11 is 1.40. The van der Waals surface area contributed by atoms with Gasteiger partial charge in [0, 0.05) is 18.3 Å². The molecule has 0 saturated heterocycles. The van der Waals surface area contributed by atoms with E-state index in [9.17, 15) is 29.1 Å². The van der Waals surface area contributed by atoms with E-state index >= 15 is 0 Å². The zero-order valence-electron chi connectivity index (χ0n) is 20.2. The Labute approximate surface area is 213 Å². The number of amides is 4. The molecule has 1 heterocycles. The highest BCUT2D eigenvalue weighted by Crippen LogP contribution is 2.06. The topological polar surface area (TPSA) is 248 Å². The van der Waals surface area contributed by atoms with Crippen LogP contribution in [0.2, 0.25) is 0 Å². The summed E-state index contributed by atoms with van der Waals surface area (Å²) < 4.78 is 0. The number of carbonyl (C=O) groups is 5. The van der Waals surface area contributed by atoms with Gasteiger partial charge in [-0.25, -0.2) is 9.78 Å². The van der Waals surface area contributed by atoms with Crippen LogP contribution in [-0.2, 0) is 30.4 Å². The van der Waals surface area contributed by atoms with E-state index in [0.717, 1.165) is 0 Å². The fourth-order valence-electron chi connectivity index (χ4n) is 3.21. The largest absolute Gasteiger partial charge is 0.480 e. The van der Waals surface area contributed by atoms with Crippen molar-refractivity contribution in [2.24, 2.45) is 17.2 Å². The molecule has 1 aromatic rings. The average molecular weight is 529 g/mol. The molecule has 0 radical (unpaired) electrons. The van der Waals surface area contributed by atoms with Crippen LogP contribution in [0.5, 0.6) is 0 Å². The zero-order chi connectivity index (χ0) is 27.1. The molecule has 0 aromatic carbocycles. The van der Waals surface area contributed by atoms with Crippen molar-refractivity contribution in [3.8, 4) is 0 Å². The van der Waals surface area contributed by atoms with Crippen molar-refractivity contribution in [3.05, 3.63) is 18.2 Å². The summed E-state index contributed by atoms with van der Waals surface area (Å²) in [6.45, 7) is 0.376. The summed E-state index contributed by atoms with van der Waals surface area (Å²) in [7, 11) is 0.